The molecule has 0 spiro atoms. The van der Waals surface area contributed by atoms with Gasteiger partial charge < -0.3 is 5.11 Å². The fraction of sp³-hybridized carbons (Fsp3) is 0.583. The highest BCUT2D eigenvalue weighted by molar-refractivity contribution is 6.08. The van der Waals surface area contributed by atoms with Crippen molar-refractivity contribution in [1.29, 1.82) is 0 Å². The molecule has 0 atom stereocenters. The quantitative estimate of drug-likeness (QED) is 0.439. The van der Waals surface area contributed by atoms with Crippen LogP contribution in [0.4, 0.5) is 0 Å². The number of hydrogen-bond donors (Lipinski definition) is 1. The number of ketones is 3. The zero-order valence-corrected chi connectivity index (χ0v) is 9.74. The molecule has 0 aromatic heterocycles. The molecule has 4 nitrogen and oxygen atoms in total. The summed E-state index contributed by atoms with van der Waals surface area (Å²) in [5.41, 5.74) is -0.346. The number of Topliss-reactive ketones (excluding diaryl/α,β-unsaturated/α-hetero) is 2. The van der Waals surface area contributed by atoms with Crippen molar-refractivity contribution in [3.8, 4) is 0 Å². The van der Waals surface area contributed by atoms with Gasteiger partial charge in [-0.1, -0.05) is 13.8 Å². The van der Waals surface area contributed by atoms with Crippen LogP contribution in [-0.2, 0) is 14.4 Å². The molecule has 1 aliphatic carbocycles. The van der Waals surface area contributed by atoms with Crippen molar-refractivity contribution in [2.75, 3.05) is 0 Å². The van der Waals surface area contributed by atoms with Crippen molar-refractivity contribution in [3.05, 3.63) is 11.8 Å². The average Bonchev–Trinajstić information content (AvgIpc) is 1.96. The van der Waals surface area contributed by atoms with Gasteiger partial charge in [-0.25, -0.2) is 0 Å². The first-order valence-electron chi connectivity index (χ1n) is 5.19. The Morgan fingerprint density at radius 1 is 1.31 bits per heavy atom. The van der Waals surface area contributed by atoms with Crippen molar-refractivity contribution >= 4 is 17.3 Å². The van der Waals surface area contributed by atoms with E-state index in [1.807, 2.05) is 13.8 Å². The molecule has 0 saturated heterocycles. The van der Waals surface area contributed by atoms with Gasteiger partial charge in [0, 0.05) is 18.9 Å². The van der Waals surface area contributed by atoms with Crippen molar-refractivity contribution in [1.82, 2.24) is 0 Å². The summed E-state index contributed by atoms with van der Waals surface area (Å²) in [6.45, 7) is 4.94. The maximum atomic E-state index is 11.7. The molecule has 88 valence electrons. The maximum absolute atomic E-state index is 11.7. The van der Waals surface area contributed by atoms with Gasteiger partial charge >= 0.3 is 0 Å². The molecule has 0 aliphatic heterocycles. The van der Waals surface area contributed by atoms with Crippen LogP contribution in [0.5, 0.6) is 0 Å². The van der Waals surface area contributed by atoms with E-state index >= 15 is 0 Å². The van der Waals surface area contributed by atoms with Crippen LogP contribution in [0.25, 0.3) is 0 Å². The summed E-state index contributed by atoms with van der Waals surface area (Å²) in [5.74, 6) is -2.54. The minimum Gasteiger partial charge on any atom is -0.511 e. The van der Waals surface area contributed by atoms with E-state index < -0.39 is 11.7 Å². The third kappa shape index (κ3) is 2.78. The van der Waals surface area contributed by atoms with E-state index in [1.165, 1.54) is 6.92 Å². The Balaban J connectivity index is 2.95. The van der Waals surface area contributed by atoms with Gasteiger partial charge in [0.1, 0.15) is 11.7 Å². The Morgan fingerprint density at radius 2 is 1.75 bits per heavy atom. The Morgan fingerprint density at radius 3 is 2.12 bits per heavy atom. The predicted octanol–water partition coefficient (Wildman–Crippen LogP) is 1.59. The minimum absolute atomic E-state index is 0.249. The lowest BCUT2D eigenvalue weighted by molar-refractivity contribution is -0.138. The maximum Gasteiger partial charge on any atom is 0.155 e. The Kier molecular flexibility index (Phi) is 3.31. The molecule has 1 fully saturated rings. The van der Waals surface area contributed by atoms with Crippen molar-refractivity contribution in [2.45, 2.75) is 33.6 Å². The fourth-order valence-electron chi connectivity index (χ4n) is 2.01. The summed E-state index contributed by atoms with van der Waals surface area (Å²) >= 11 is 0. The third-order valence-electron chi connectivity index (χ3n) is 2.60. The first-order chi connectivity index (χ1) is 7.23. The summed E-state index contributed by atoms with van der Waals surface area (Å²) < 4.78 is 0. The predicted molar refractivity (Wildman–Crippen MR) is 57.9 cm³/mol. The minimum atomic E-state index is -1.13. The monoisotopic (exact) mass is 224 g/mol. The second-order valence-electron chi connectivity index (χ2n) is 5.06. The highest BCUT2D eigenvalue weighted by atomic mass is 16.3. The molecule has 1 aliphatic rings. The highest BCUT2D eigenvalue weighted by Gasteiger charge is 2.41. The van der Waals surface area contributed by atoms with Gasteiger partial charge in [-0.05, 0) is 12.3 Å². The first kappa shape index (κ1) is 12.6. The number of carbonyl (C=O) groups is 3. The molecule has 0 unspecified atom stereocenters. The smallest absolute Gasteiger partial charge is 0.155 e. The number of rotatable bonds is 2. The van der Waals surface area contributed by atoms with E-state index in [1.54, 1.807) is 0 Å². The Labute approximate surface area is 94.3 Å². The summed E-state index contributed by atoms with van der Waals surface area (Å²) in [7, 11) is 0. The molecular weight excluding hydrogens is 208 g/mol. The van der Waals surface area contributed by atoms with E-state index in [9.17, 15) is 19.5 Å². The van der Waals surface area contributed by atoms with Crippen molar-refractivity contribution in [3.63, 3.8) is 0 Å². The standard InChI is InChI=1S/C12H16O4/c1-7(13)4-8(14)11-9(15)5-12(2,3)6-10(11)16/h4,11,14H,5-6H2,1-3H3. The molecule has 0 amide bonds. The largest absolute Gasteiger partial charge is 0.511 e. The molecule has 4 heteroatoms. The zero-order chi connectivity index (χ0) is 12.5. The van der Waals surface area contributed by atoms with Crippen LogP contribution in [0.15, 0.2) is 11.8 Å². The first-order valence-corrected chi connectivity index (χ1v) is 5.19. The van der Waals surface area contributed by atoms with E-state index in [2.05, 4.69) is 0 Å². The topological polar surface area (TPSA) is 71.4 Å². The van der Waals surface area contributed by atoms with Crippen molar-refractivity contribution in [2.24, 2.45) is 11.3 Å². The summed E-state index contributed by atoms with van der Waals surface area (Å²) in [4.78, 5) is 34.2. The van der Waals surface area contributed by atoms with E-state index in [0.717, 1.165) is 6.08 Å². The summed E-state index contributed by atoms with van der Waals surface area (Å²) in [5, 5.41) is 9.55. The lowest BCUT2D eigenvalue weighted by Crippen LogP contribution is -2.38. The number of carbonyl (C=O) groups excluding carboxylic acids is 3. The van der Waals surface area contributed by atoms with Crippen LogP contribution in [-0.4, -0.2) is 22.5 Å². The molecule has 0 aromatic carbocycles. The van der Waals surface area contributed by atoms with Crippen LogP contribution in [0.3, 0.4) is 0 Å². The number of allylic oxidation sites excluding steroid dienone is 2. The summed E-state index contributed by atoms with van der Waals surface area (Å²) in [6, 6.07) is 0. The molecule has 0 radical (unpaired) electrons. The molecular formula is C12H16O4. The SMILES string of the molecule is CC(=O)C=C(O)C1C(=O)CC(C)(C)CC1=O. The van der Waals surface area contributed by atoms with Crippen LogP contribution in [0, 0.1) is 11.3 Å². The van der Waals surface area contributed by atoms with Gasteiger partial charge in [0.05, 0.1) is 0 Å². The average molecular weight is 224 g/mol. The van der Waals surface area contributed by atoms with Crippen LogP contribution in [0.2, 0.25) is 0 Å². The molecule has 0 bridgehead atoms. The lowest BCUT2D eigenvalue weighted by atomic mass is 9.71. The lowest BCUT2D eigenvalue weighted by Gasteiger charge is -2.31. The number of hydrogen-bond acceptors (Lipinski definition) is 4. The van der Waals surface area contributed by atoms with E-state index in [0.29, 0.717) is 0 Å². The normalized spacial score (nSPS) is 22.3. The van der Waals surface area contributed by atoms with Crippen LogP contribution in [0.1, 0.15) is 33.6 Å². The van der Waals surface area contributed by atoms with Gasteiger partial charge in [0.2, 0.25) is 0 Å². The second kappa shape index (κ2) is 4.20. The second-order valence-corrected chi connectivity index (χ2v) is 5.06. The van der Waals surface area contributed by atoms with E-state index in [-0.39, 0.29) is 35.6 Å². The van der Waals surface area contributed by atoms with E-state index in [4.69, 9.17) is 0 Å². The Hall–Kier alpha value is -1.45. The molecule has 1 rings (SSSR count). The van der Waals surface area contributed by atoms with Crippen LogP contribution < -0.4 is 0 Å². The van der Waals surface area contributed by atoms with Gasteiger partial charge in [-0.15, -0.1) is 0 Å². The molecule has 1 saturated carbocycles. The molecule has 0 aromatic rings. The highest BCUT2D eigenvalue weighted by Crippen LogP contribution is 2.35. The molecule has 0 heterocycles. The summed E-state index contributed by atoms with van der Waals surface area (Å²) in [6.07, 6.45) is 1.44. The van der Waals surface area contributed by atoms with Gasteiger partial charge in [0.15, 0.2) is 17.3 Å². The number of aliphatic hydroxyl groups is 1. The fourth-order valence-corrected chi connectivity index (χ4v) is 2.01. The third-order valence-corrected chi connectivity index (χ3v) is 2.60. The van der Waals surface area contributed by atoms with Crippen molar-refractivity contribution < 1.29 is 19.5 Å². The van der Waals surface area contributed by atoms with Gasteiger partial charge in [-0.3, -0.25) is 14.4 Å². The molecule has 16 heavy (non-hydrogen) atoms. The zero-order valence-electron chi connectivity index (χ0n) is 9.74. The molecule has 1 N–H and O–H groups in total. The van der Waals surface area contributed by atoms with Crippen LogP contribution >= 0.6 is 0 Å². The van der Waals surface area contributed by atoms with Gasteiger partial charge in [-0.2, -0.15) is 0 Å². The van der Waals surface area contributed by atoms with Gasteiger partial charge in [0.25, 0.3) is 0 Å². The number of aliphatic hydroxyl groups excluding tert-OH is 1. The Bertz CT molecular complexity index is 356.